The van der Waals surface area contributed by atoms with Gasteiger partial charge in [-0.05, 0) is 24.3 Å². The van der Waals surface area contributed by atoms with Crippen molar-refractivity contribution >= 4 is 21.4 Å². The molecule has 0 amide bonds. The summed E-state index contributed by atoms with van der Waals surface area (Å²) < 4.78 is 28.6. The van der Waals surface area contributed by atoms with Crippen LogP contribution in [0.5, 0.6) is 0 Å². The lowest BCUT2D eigenvalue weighted by Gasteiger charge is -2.05. The molecule has 0 saturated heterocycles. The van der Waals surface area contributed by atoms with Crippen molar-refractivity contribution < 1.29 is 8.42 Å². The first-order chi connectivity index (χ1) is 9.18. The topological polar surface area (TPSA) is 64.0 Å². The summed E-state index contributed by atoms with van der Waals surface area (Å²) in [7, 11) is -3.29. The Kier molecular flexibility index (Phi) is 5.12. The molecule has 0 bridgehead atoms. The third-order valence-corrected chi connectivity index (χ3v) is 5.56. The van der Waals surface area contributed by atoms with Crippen LogP contribution < -0.4 is 4.72 Å². The van der Waals surface area contributed by atoms with Crippen molar-refractivity contribution in [2.24, 2.45) is 0 Å². The highest BCUT2D eigenvalue weighted by molar-refractivity contribution is 7.91. The minimum Gasteiger partial charge on any atom is -0.337 e. The molecule has 0 unspecified atom stereocenters. The van der Waals surface area contributed by atoms with E-state index in [4.69, 9.17) is 0 Å². The van der Waals surface area contributed by atoms with Gasteiger partial charge in [0, 0.05) is 25.5 Å². The van der Waals surface area contributed by atoms with E-state index in [0.29, 0.717) is 10.8 Å². The number of imidazole rings is 1. The average Bonchev–Trinajstić information content (AvgIpc) is 3.05. The van der Waals surface area contributed by atoms with Crippen LogP contribution in [0.4, 0.5) is 0 Å². The molecule has 0 saturated carbocycles. The molecule has 0 aliphatic heterocycles. The van der Waals surface area contributed by atoms with Gasteiger partial charge in [0.2, 0.25) is 10.0 Å². The maximum atomic E-state index is 11.8. The van der Waals surface area contributed by atoms with Gasteiger partial charge in [0.05, 0.1) is 6.33 Å². The number of nitrogens with one attached hydrogen (secondary N) is 1. The Bertz CT molecular complexity index is 562. The standard InChI is InChI=1S/C12H17N3O2S2/c16-19(17,12-5-4-10-18-12)14-6-2-1-3-8-15-9-7-13-11-15/h4-5,7,9-11,14H,1-3,6,8H2. The molecule has 0 aliphatic carbocycles. The van der Waals surface area contributed by atoms with Gasteiger partial charge in [-0.15, -0.1) is 11.3 Å². The SMILES string of the molecule is O=S(=O)(NCCCCCn1ccnc1)c1cccs1. The largest absolute Gasteiger partial charge is 0.337 e. The molecule has 7 heteroatoms. The van der Waals surface area contributed by atoms with Gasteiger partial charge in [0.15, 0.2) is 0 Å². The molecule has 2 heterocycles. The Morgan fingerprint density at radius 2 is 2.21 bits per heavy atom. The molecular weight excluding hydrogens is 282 g/mol. The van der Waals surface area contributed by atoms with Gasteiger partial charge in [-0.2, -0.15) is 0 Å². The number of unbranched alkanes of at least 4 members (excludes halogenated alkanes) is 2. The first-order valence-corrected chi connectivity index (χ1v) is 8.54. The number of hydrogen-bond acceptors (Lipinski definition) is 4. The summed E-state index contributed by atoms with van der Waals surface area (Å²) in [5.74, 6) is 0. The van der Waals surface area contributed by atoms with Crippen molar-refractivity contribution in [1.82, 2.24) is 14.3 Å². The fourth-order valence-corrected chi connectivity index (χ4v) is 3.82. The number of aryl methyl sites for hydroxylation is 1. The summed E-state index contributed by atoms with van der Waals surface area (Å²) in [6.07, 6.45) is 8.34. The Morgan fingerprint density at radius 1 is 1.32 bits per heavy atom. The molecule has 2 aromatic rings. The van der Waals surface area contributed by atoms with Crippen LogP contribution in [0.15, 0.2) is 40.4 Å². The molecule has 2 rings (SSSR count). The summed E-state index contributed by atoms with van der Waals surface area (Å²) in [4.78, 5) is 3.97. The van der Waals surface area contributed by atoms with E-state index >= 15 is 0 Å². The maximum Gasteiger partial charge on any atom is 0.250 e. The lowest BCUT2D eigenvalue weighted by atomic mass is 10.2. The van der Waals surface area contributed by atoms with E-state index in [1.165, 1.54) is 11.3 Å². The van der Waals surface area contributed by atoms with Crippen molar-refractivity contribution in [3.63, 3.8) is 0 Å². The van der Waals surface area contributed by atoms with Crippen LogP contribution in [0.2, 0.25) is 0 Å². The number of hydrogen-bond donors (Lipinski definition) is 1. The summed E-state index contributed by atoms with van der Waals surface area (Å²) >= 11 is 1.24. The van der Waals surface area contributed by atoms with Crippen molar-refractivity contribution in [1.29, 1.82) is 0 Å². The fourth-order valence-electron chi connectivity index (χ4n) is 1.71. The molecule has 19 heavy (non-hydrogen) atoms. The molecule has 0 radical (unpaired) electrons. The monoisotopic (exact) mass is 299 g/mol. The highest BCUT2D eigenvalue weighted by atomic mass is 32.2. The summed E-state index contributed by atoms with van der Waals surface area (Å²) in [5.41, 5.74) is 0. The van der Waals surface area contributed by atoms with Crippen molar-refractivity contribution in [2.45, 2.75) is 30.0 Å². The van der Waals surface area contributed by atoms with E-state index < -0.39 is 10.0 Å². The number of aromatic nitrogens is 2. The van der Waals surface area contributed by atoms with Crippen molar-refractivity contribution in [3.8, 4) is 0 Å². The molecule has 0 fully saturated rings. The molecule has 5 nitrogen and oxygen atoms in total. The number of sulfonamides is 1. The van der Waals surface area contributed by atoms with Crippen LogP contribution >= 0.6 is 11.3 Å². The molecular formula is C12H17N3O2S2. The van der Waals surface area contributed by atoms with Gasteiger partial charge in [-0.3, -0.25) is 0 Å². The van der Waals surface area contributed by atoms with Crippen LogP contribution in [0, 0.1) is 0 Å². The third kappa shape index (κ3) is 4.45. The third-order valence-electron chi connectivity index (χ3n) is 2.70. The lowest BCUT2D eigenvalue weighted by Crippen LogP contribution is -2.24. The van der Waals surface area contributed by atoms with Gasteiger partial charge in [-0.1, -0.05) is 12.5 Å². The minimum absolute atomic E-state index is 0.380. The van der Waals surface area contributed by atoms with Crippen LogP contribution in [0.25, 0.3) is 0 Å². The summed E-state index contributed by atoms with van der Waals surface area (Å²) in [6, 6.07) is 3.36. The average molecular weight is 299 g/mol. The number of thiophene rings is 1. The fraction of sp³-hybridized carbons (Fsp3) is 0.417. The second-order valence-corrected chi connectivity index (χ2v) is 7.13. The Morgan fingerprint density at radius 3 is 2.89 bits per heavy atom. The van der Waals surface area contributed by atoms with Crippen molar-refractivity contribution in [3.05, 3.63) is 36.2 Å². The quantitative estimate of drug-likeness (QED) is 0.759. The summed E-state index contributed by atoms with van der Waals surface area (Å²) in [5, 5.41) is 1.76. The molecule has 104 valence electrons. The van der Waals surface area contributed by atoms with E-state index in [2.05, 4.69) is 9.71 Å². The molecule has 0 aliphatic rings. The molecule has 0 spiro atoms. The smallest absolute Gasteiger partial charge is 0.250 e. The first kappa shape index (κ1) is 14.2. The predicted molar refractivity (Wildman–Crippen MR) is 75.6 cm³/mol. The van der Waals surface area contributed by atoms with E-state index in [-0.39, 0.29) is 0 Å². The second kappa shape index (κ2) is 6.83. The zero-order valence-electron chi connectivity index (χ0n) is 10.5. The van der Waals surface area contributed by atoms with E-state index in [1.54, 1.807) is 30.0 Å². The van der Waals surface area contributed by atoms with E-state index in [0.717, 1.165) is 25.8 Å². The van der Waals surface area contributed by atoms with Gasteiger partial charge < -0.3 is 4.57 Å². The van der Waals surface area contributed by atoms with E-state index in [9.17, 15) is 8.42 Å². The maximum absolute atomic E-state index is 11.8. The number of nitrogens with zero attached hydrogens (tertiary/aromatic N) is 2. The van der Waals surface area contributed by atoms with Crippen LogP contribution in [-0.2, 0) is 16.6 Å². The van der Waals surface area contributed by atoms with Crippen LogP contribution in [-0.4, -0.2) is 24.5 Å². The highest BCUT2D eigenvalue weighted by Gasteiger charge is 2.13. The molecule has 0 aromatic carbocycles. The lowest BCUT2D eigenvalue weighted by molar-refractivity contribution is 0.563. The number of rotatable bonds is 8. The molecule has 1 N–H and O–H groups in total. The zero-order valence-corrected chi connectivity index (χ0v) is 12.2. The van der Waals surface area contributed by atoms with Crippen LogP contribution in [0.1, 0.15) is 19.3 Å². The van der Waals surface area contributed by atoms with Gasteiger partial charge in [-0.25, -0.2) is 18.1 Å². The zero-order chi connectivity index (χ0) is 13.6. The van der Waals surface area contributed by atoms with Gasteiger partial charge >= 0.3 is 0 Å². The van der Waals surface area contributed by atoms with Gasteiger partial charge in [0.25, 0.3) is 0 Å². The predicted octanol–water partition coefficient (Wildman–Crippen LogP) is 2.09. The Hall–Kier alpha value is -1.18. The van der Waals surface area contributed by atoms with E-state index in [1.807, 2.05) is 10.8 Å². The highest BCUT2D eigenvalue weighted by Crippen LogP contribution is 2.15. The normalized spacial score (nSPS) is 11.8. The Balaban J connectivity index is 1.62. The second-order valence-electron chi connectivity index (χ2n) is 4.19. The molecule has 2 aromatic heterocycles. The van der Waals surface area contributed by atoms with Crippen LogP contribution in [0.3, 0.4) is 0 Å². The summed E-state index contributed by atoms with van der Waals surface area (Å²) in [6.45, 7) is 1.42. The van der Waals surface area contributed by atoms with Gasteiger partial charge in [0.1, 0.15) is 4.21 Å². The Labute approximate surface area is 117 Å². The van der Waals surface area contributed by atoms with Crippen molar-refractivity contribution in [2.75, 3.05) is 6.54 Å². The minimum atomic E-state index is -3.29. The molecule has 0 atom stereocenters. The first-order valence-electron chi connectivity index (χ1n) is 6.17.